The number of rotatable bonds is 4. The molecule has 1 heterocycles. The summed E-state index contributed by atoms with van der Waals surface area (Å²) in [6.07, 6.45) is 0.615. The largest absolute Gasteiger partial charge is 0.469 e. The molecule has 5 nitrogen and oxygen atoms in total. The van der Waals surface area contributed by atoms with Crippen LogP contribution in [0.3, 0.4) is 0 Å². The highest BCUT2D eigenvalue weighted by Crippen LogP contribution is 2.25. The molecule has 19 heavy (non-hydrogen) atoms. The summed E-state index contributed by atoms with van der Waals surface area (Å²) < 4.78 is 4.60. The van der Waals surface area contributed by atoms with Gasteiger partial charge in [-0.2, -0.15) is 0 Å². The molecule has 1 unspecified atom stereocenters. The molecule has 1 aliphatic rings. The number of benzene rings is 1. The Kier molecular flexibility index (Phi) is 4.16. The van der Waals surface area contributed by atoms with Crippen LogP contribution in [-0.2, 0) is 20.7 Å². The fourth-order valence-corrected chi connectivity index (χ4v) is 2.19. The fraction of sp³-hybridized carbons (Fsp3) is 0.429. The molecule has 0 spiro atoms. The minimum absolute atomic E-state index is 0.0160. The van der Waals surface area contributed by atoms with Gasteiger partial charge in [-0.05, 0) is 17.7 Å². The molecule has 102 valence electrons. The van der Waals surface area contributed by atoms with E-state index >= 15 is 0 Å². The van der Waals surface area contributed by atoms with E-state index in [2.05, 4.69) is 4.74 Å². The van der Waals surface area contributed by atoms with Crippen LogP contribution in [0.15, 0.2) is 24.3 Å². The number of aliphatic hydroxyl groups excluding tert-OH is 1. The van der Waals surface area contributed by atoms with E-state index in [9.17, 15) is 9.59 Å². The van der Waals surface area contributed by atoms with Gasteiger partial charge in [-0.25, -0.2) is 0 Å². The summed E-state index contributed by atoms with van der Waals surface area (Å²) in [6, 6.07) is 7.25. The molecule has 5 heteroatoms. The highest BCUT2D eigenvalue weighted by molar-refractivity contribution is 5.95. The van der Waals surface area contributed by atoms with Gasteiger partial charge in [0.25, 0.3) is 0 Å². The SMILES string of the molecule is COC(=O)Cc1ccc(N2CC(CO)CC2=O)cc1. The van der Waals surface area contributed by atoms with Crippen LogP contribution in [0.2, 0.25) is 0 Å². The van der Waals surface area contributed by atoms with Crippen molar-refractivity contribution in [3.63, 3.8) is 0 Å². The Morgan fingerprint density at radius 1 is 1.42 bits per heavy atom. The van der Waals surface area contributed by atoms with Crippen molar-refractivity contribution in [2.45, 2.75) is 12.8 Å². The lowest BCUT2D eigenvalue weighted by atomic mass is 10.1. The van der Waals surface area contributed by atoms with Gasteiger partial charge in [0.1, 0.15) is 0 Å². The van der Waals surface area contributed by atoms with Gasteiger partial charge >= 0.3 is 5.97 Å². The van der Waals surface area contributed by atoms with Crippen LogP contribution in [0.5, 0.6) is 0 Å². The third-order valence-electron chi connectivity index (χ3n) is 3.29. The summed E-state index contributed by atoms with van der Waals surface area (Å²) in [4.78, 5) is 24.6. The number of esters is 1. The topological polar surface area (TPSA) is 66.8 Å². The minimum Gasteiger partial charge on any atom is -0.469 e. The molecule has 1 saturated heterocycles. The molecular weight excluding hydrogens is 246 g/mol. The molecule has 2 rings (SSSR count). The number of methoxy groups -OCH3 is 1. The molecule has 1 aromatic rings. The first kappa shape index (κ1) is 13.5. The smallest absolute Gasteiger partial charge is 0.309 e. The zero-order chi connectivity index (χ0) is 13.8. The third kappa shape index (κ3) is 3.12. The molecule has 1 aromatic carbocycles. The van der Waals surface area contributed by atoms with Crippen molar-refractivity contribution in [1.82, 2.24) is 0 Å². The summed E-state index contributed by atoms with van der Waals surface area (Å²) in [5.74, 6) is -0.243. The highest BCUT2D eigenvalue weighted by Gasteiger charge is 2.29. The Hall–Kier alpha value is -1.88. The third-order valence-corrected chi connectivity index (χ3v) is 3.29. The monoisotopic (exact) mass is 263 g/mol. The van der Waals surface area contributed by atoms with Gasteiger partial charge in [0, 0.05) is 31.2 Å². The molecule has 0 radical (unpaired) electrons. The molecule has 1 fully saturated rings. The summed E-state index contributed by atoms with van der Waals surface area (Å²) in [7, 11) is 1.36. The number of carbonyl (C=O) groups excluding carboxylic acids is 2. The van der Waals surface area contributed by atoms with Gasteiger partial charge < -0.3 is 14.7 Å². The van der Waals surface area contributed by atoms with Gasteiger partial charge in [0.2, 0.25) is 5.91 Å². The van der Waals surface area contributed by atoms with Crippen molar-refractivity contribution in [2.75, 3.05) is 25.2 Å². The first-order valence-corrected chi connectivity index (χ1v) is 6.21. The average molecular weight is 263 g/mol. The van der Waals surface area contributed by atoms with E-state index in [1.807, 2.05) is 24.3 Å². The highest BCUT2D eigenvalue weighted by atomic mass is 16.5. The zero-order valence-electron chi connectivity index (χ0n) is 10.8. The molecular formula is C14H17NO4. The van der Waals surface area contributed by atoms with Crippen molar-refractivity contribution in [3.8, 4) is 0 Å². The van der Waals surface area contributed by atoms with Crippen molar-refractivity contribution in [3.05, 3.63) is 29.8 Å². The number of anilines is 1. The molecule has 0 aromatic heterocycles. The lowest BCUT2D eigenvalue weighted by Gasteiger charge is -2.16. The fourth-order valence-electron chi connectivity index (χ4n) is 2.19. The number of hydrogen-bond donors (Lipinski definition) is 1. The second-order valence-electron chi connectivity index (χ2n) is 4.68. The first-order valence-electron chi connectivity index (χ1n) is 6.21. The van der Waals surface area contributed by atoms with Crippen molar-refractivity contribution in [2.24, 2.45) is 5.92 Å². The summed E-state index contributed by atoms with van der Waals surface area (Å²) in [6.45, 7) is 0.578. The molecule has 1 aliphatic heterocycles. The van der Waals surface area contributed by atoms with E-state index in [0.29, 0.717) is 13.0 Å². The maximum absolute atomic E-state index is 11.8. The second-order valence-corrected chi connectivity index (χ2v) is 4.68. The number of amides is 1. The van der Waals surface area contributed by atoms with E-state index in [4.69, 9.17) is 5.11 Å². The van der Waals surface area contributed by atoms with Crippen LogP contribution < -0.4 is 4.90 Å². The van der Waals surface area contributed by atoms with Crippen molar-refractivity contribution in [1.29, 1.82) is 0 Å². The van der Waals surface area contributed by atoms with Crippen LogP contribution in [-0.4, -0.2) is 37.2 Å². The van der Waals surface area contributed by atoms with Crippen molar-refractivity contribution < 1.29 is 19.4 Å². The molecule has 0 aliphatic carbocycles. The summed E-state index contributed by atoms with van der Waals surface area (Å²) in [5.41, 5.74) is 1.65. The van der Waals surface area contributed by atoms with Crippen LogP contribution in [0, 0.1) is 5.92 Å². The average Bonchev–Trinajstić information content (AvgIpc) is 2.81. The Labute approximate surface area is 111 Å². The molecule has 1 atom stereocenters. The van der Waals surface area contributed by atoms with E-state index in [1.165, 1.54) is 7.11 Å². The van der Waals surface area contributed by atoms with Crippen molar-refractivity contribution >= 4 is 17.6 Å². The number of nitrogens with zero attached hydrogens (tertiary/aromatic N) is 1. The molecule has 0 saturated carbocycles. The van der Waals surface area contributed by atoms with E-state index < -0.39 is 0 Å². The standard InChI is InChI=1S/C14H17NO4/c1-19-14(18)7-10-2-4-12(5-3-10)15-8-11(9-16)6-13(15)17/h2-5,11,16H,6-9H2,1H3. The van der Waals surface area contributed by atoms with Crippen LogP contribution >= 0.6 is 0 Å². The lowest BCUT2D eigenvalue weighted by molar-refractivity contribution is -0.139. The lowest BCUT2D eigenvalue weighted by Crippen LogP contribution is -2.24. The zero-order valence-corrected chi connectivity index (χ0v) is 10.8. The summed E-state index contributed by atoms with van der Waals surface area (Å²) >= 11 is 0. The Balaban J connectivity index is 2.06. The number of ether oxygens (including phenoxy) is 1. The predicted octanol–water partition coefficient (Wildman–Crippen LogP) is 0.747. The number of aliphatic hydroxyl groups is 1. The summed E-state index contributed by atoms with van der Waals surface area (Å²) in [5, 5.41) is 9.09. The quantitative estimate of drug-likeness (QED) is 0.814. The Morgan fingerprint density at radius 2 is 2.11 bits per heavy atom. The first-order chi connectivity index (χ1) is 9.13. The molecule has 0 bridgehead atoms. The van der Waals surface area contributed by atoms with E-state index in [-0.39, 0.29) is 30.8 Å². The van der Waals surface area contributed by atoms with E-state index in [0.717, 1.165) is 11.3 Å². The van der Waals surface area contributed by atoms with Crippen LogP contribution in [0.25, 0.3) is 0 Å². The normalized spacial score (nSPS) is 18.7. The maximum Gasteiger partial charge on any atom is 0.309 e. The molecule has 1 amide bonds. The minimum atomic E-state index is -0.287. The van der Waals surface area contributed by atoms with E-state index in [1.54, 1.807) is 4.90 Å². The molecule has 1 N–H and O–H groups in total. The van der Waals surface area contributed by atoms with Gasteiger partial charge in [0.05, 0.1) is 13.5 Å². The van der Waals surface area contributed by atoms with Gasteiger partial charge in [-0.15, -0.1) is 0 Å². The number of carbonyl (C=O) groups is 2. The van der Waals surface area contributed by atoms with Gasteiger partial charge in [0.15, 0.2) is 0 Å². The number of hydrogen-bond acceptors (Lipinski definition) is 4. The van der Waals surface area contributed by atoms with Gasteiger partial charge in [-0.3, -0.25) is 9.59 Å². The van der Waals surface area contributed by atoms with Crippen LogP contribution in [0.4, 0.5) is 5.69 Å². The Bertz CT molecular complexity index is 469. The van der Waals surface area contributed by atoms with Gasteiger partial charge in [-0.1, -0.05) is 12.1 Å². The Morgan fingerprint density at radius 3 is 2.63 bits per heavy atom. The maximum atomic E-state index is 11.8. The van der Waals surface area contributed by atoms with Crippen LogP contribution in [0.1, 0.15) is 12.0 Å². The second kappa shape index (κ2) is 5.84. The predicted molar refractivity (Wildman–Crippen MR) is 69.7 cm³/mol.